The molecular weight excluding hydrogens is 1330 g/mol. The third kappa shape index (κ3) is 12.4. The zero-order valence-corrected chi connectivity index (χ0v) is 71.3. The van der Waals surface area contributed by atoms with Crippen molar-refractivity contribution in [3.8, 4) is 22.7 Å². The summed E-state index contributed by atoms with van der Waals surface area (Å²) in [7, 11) is 0. The summed E-state index contributed by atoms with van der Waals surface area (Å²) in [5, 5.41) is 11.2. The molecule has 0 radical (unpaired) electrons. The first-order valence-electron chi connectivity index (χ1n) is 43.3. The smallest absolute Gasteiger partial charge is 0.0576 e. The first-order valence-corrected chi connectivity index (χ1v) is 43.3. The van der Waals surface area contributed by atoms with E-state index >= 15 is 0 Å². The Bertz CT molecular complexity index is 5440. The summed E-state index contributed by atoms with van der Waals surface area (Å²) in [5.74, 6) is 0. The summed E-state index contributed by atoms with van der Waals surface area (Å²) in [6.07, 6.45) is 10.1. The van der Waals surface area contributed by atoms with Crippen LogP contribution in [0.5, 0.6) is 0 Å². The van der Waals surface area contributed by atoms with E-state index in [-0.39, 0.29) is 0 Å². The molecule has 0 amide bonds. The fraction of sp³-hybridized carbons (Fsp3) is 0.321. The van der Waals surface area contributed by atoms with Crippen LogP contribution in [-0.2, 0) is 64.2 Å². The topological polar surface area (TPSA) is 19.7 Å². The highest BCUT2D eigenvalue weighted by Gasteiger charge is 2.36. The van der Waals surface area contributed by atoms with Crippen molar-refractivity contribution in [3.05, 3.63) is 305 Å². The van der Waals surface area contributed by atoms with Gasteiger partial charge in [0, 0.05) is 94.5 Å². The van der Waals surface area contributed by atoms with Gasteiger partial charge in [0.05, 0.1) is 66.9 Å². The number of benzene rings is 12. The molecule has 4 heteroatoms. The van der Waals surface area contributed by atoms with Gasteiger partial charge in [-0.1, -0.05) is 360 Å². The van der Waals surface area contributed by atoms with Crippen molar-refractivity contribution in [3.63, 3.8) is 0 Å². The van der Waals surface area contributed by atoms with Gasteiger partial charge in [-0.05, 0) is 124 Å². The van der Waals surface area contributed by atoms with Gasteiger partial charge < -0.3 is 18.3 Å². The highest BCUT2D eigenvalue weighted by Crippen LogP contribution is 2.52. The van der Waals surface area contributed by atoms with Crippen molar-refractivity contribution in [2.24, 2.45) is 0 Å². The first-order chi connectivity index (χ1) is 54.6. The SMILES string of the molecule is CC.CC.CC.CC.CC.CC.CC.CC.CC.CC.CC.CC.c1cc2c3c(c1)c1cccc4c1n3-c1c(cc(Cc3cc5c6c(c3)Cc3cccc7c8cccc(c8n-6c37)C5)cc1C4)C2.c1cc2c3c(c1)c1cccc4c1n3-c1c(ccc(Cc3ccc5c6c3Cc3cccc7c8cccc(c8n-6c37)C5)c1C4)C2. The maximum Gasteiger partial charge on any atom is 0.0576 e. The Morgan fingerprint density at radius 2 is 0.373 bits per heavy atom. The lowest BCUT2D eigenvalue weighted by Crippen LogP contribution is -2.19. The molecule has 8 aliphatic rings. The minimum absolute atomic E-state index is 0.972. The van der Waals surface area contributed by atoms with Gasteiger partial charge in [-0.25, -0.2) is 0 Å². The van der Waals surface area contributed by atoms with Crippen molar-refractivity contribution in [1.82, 2.24) is 18.3 Å². The number of aromatic nitrogens is 4. The molecule has 4 nitrogen and oxygen atoms in total. The molecular formula is C106H124N4. The van der Waals surface area contributed by atoms with Crippen LogP contribution in [-0.4, -0.2) is 18.3 Å². The van der Waals surface area contributed by atoms with Gasteiger partial charge in [-0.15, -0.1) is 0 Å². The van der Waals surface area contributed by atoms with Gasteiger partial charge >= 0.3 is 0 Å². The molecule has 0 saturated heterocycles. The van der Waals surface area contributed by atoms with E-state index in [1.807, 2.05) is 166 Å². The molecule has 8 aliphatic heterocycles. The summed E-state index contributed by atoms with van der Waals surface area (Å²) in [4.78, 5) is 0. The van der Waals surface area contributed by atoms with E-state index in [0.29, 0.717) is 0 Å². The van der Waals surface area contributed by atoms with Crippen LogP contribution in [0.1, 0.15) is 277 Å². The van der Waals surface area contributed by atoms with E-state index in [1.165, 1.54) is 221 Å². The summed E-state index contributed by atoms with van der Waals surface area (Å²) >= 11 is 0. The van der Waals surface area contributed by atoms with E-state index in [0.717, 1.165) is 64.2 Å². The normalized spacial score (nSPS) is 12.1. The monoisotopic (exact) mass is 1450 g/mol. The van der Waals surface area contributed by atoms with Gasteiger partial charge in [0.15, 0.2) is 0 Å². The van der Waals surface area contributed by atoms with Crippen LogP contribution in [0.25, 0.3) is 110 Å². The van der Waals surface area contributed by atoms with Crippen molar-refractivity contribution in [1.29, 1.82) is 0 Å². The summed E-state index contributed by atoms with van der Waals surface area (Å²) in [5.41, 5.74) is 46.7. The third-order valence-corrected chi connectivity index (χ3v) is 22.2. The van der Waals surface area contributed by atoms with E-state index in [2.05, 4.69) is 212 Å². The molecule has 0 aliphatic carbocycles. The second-order valence-corrected chi connectivity index (χ2v) is 26.6. The number of hydrogen-bond acceptors (Lipinski definition) is 0. The van der Waals surface area contributed by atoms with Gasteiger partial charge in [0.2, 0.25) is 0 Å². The van der Waals surface area contributed by atoms with Crippen LogP contribution in [0, 0.1) is 0 Å². The molecule has 4 aromatic heterocycles. The number of rotatable bonds is 4. The largest absolute Gasteiger partial charge is 0.308 e. The van der Waals surface area contributed by atoms with Gasteiger partial charge in [0.25, 0.3) is 0 Å². The van der Waals surface area contributed by atoms with Crippen LogP contribution >= 0.6 is 0 Å². The highest BCUT2D eigenvalue weighted by molar-refractivity contribution is 6.16. The molecule has 24 rings (SSSR count). The predicted molar refractivity (Wildman–Crippen MR) is 487 cm³/mol. The minimum atomic E-state index is 0.972. The summed E-state index contributed by atoms with van der Waals surface area (Å²) < 4.78 is 10.5. The molecule has 110 heavy (non-hydrogen) atoms. The van der Waals surface area contributed by atoms with Crippen LogP contribution in [0.4, 0.5) is 0 Å². The Balaban J connectivity index is 0.000000172. The summed E-state index contributed by atoms with van der Waals surface area (Å²) in [6.45, 7) is 48.0. The maximum absolute atomic E-state index is 2.63. The van der Waals surface area contributed by atoms with Crippen molar-refractivity contribution in [2.75, 3.05) is 0 Å². The summed E-state index contributed by atoms with van der Waals surface area (Å²) in [6, 6.07) is 75.2. The zero-order chi connectivity index (χ0) is 79.1. The third-order valence-electron chi connectivity index (χ3n) is 22.2. The average Bonchev–Trinajstić information content (AvgIpc) is 1.55. The first kappa shape index (κ1) is 80.8. The molecule has 12 heterocycles. The van der Waals surface area contributed by atoms with Crippen LogP contribution in [0.2, 0.25) is 0 Å². The molecule has 0 unspecified atom stereocenters. The minimum Gasteiger partial charge on any atom is -0.308 e. The molecule has 0 N–H and O–H groups in total. The second-order valence-electron chi connectivity index (χ2n) is 26.6. The number of fused-ring (bicyclic) bond motifs is 4. The second kappa shape index (κ2) is 35.2. The van der Waals surface area contributed by atoms with Gasteiger partial charge in [-0.3, -0.25) is 0 Å². The molecule has 0 atom stereocenters. The number of para-hydroxylation sites is 8. The lowest BCUT2D eigenvalue weighted by molar-refractivity contribution is 0.931. The Hall–Kier alpha value is -10.2. The lowest BCUT2D eigenvalue weighted by atomic mass is 9.83. The molecule has 0 saturated carbocycles. The van der Waals surface area contributed by atoms with Gasteiger partial charge in [-0.2, -0.15) is 0 Å². The molecule has 0 spiro atoms. The fourth-order valence-electron chi connectivity index (χ4n) is 19.1. The van der Waals surface area contributed by atoms with Crippen molar-refractivity contribution >= 4 is 87.2 Å². The molecule has 568 valence electrons. The Kier molecular flexibility index (Phi) is 25.9. The Morgan fingerprint density at radius 1 is 0.182 bits per heavy atom. The molecule has 0 fully saturated rings. The lowest BCUT2D eigenvalue weighted by Gasteiger charge is -2.31. The van der Waals surface area contributed by atoms with Crippen LogP contribution in [0.15, 0.2) is 194 Å². The van der Waals surface area contributed by atoms with Crippen molar-refractivity contribution < 1.29 is 0 Å². The Morgan fingerprint density at radius 3 is 0.591 bits per heavy atom. The maximum atomic E-state index is 2.63. The Labute approximate surface area is 659 Å². The fourth-order valence-corrected chi connectivity index (χ4v) is 19.1. The molecule has 16 aromatic rings. The van der Waals surface area contributed by atoms with E-state index in [4.69, 9.17) is 0 Å². The van der Waals surface area contributed by atoms with E-state index in [1.54, 1.807) is 0 Å². The van der Waals surface area contributed by atoms with Crippen molar-refractivity contribution in [2.45, 2.75) is 230 Å². The quantitative estimate of drug-likeness (QED) is 0.167. The molecule has 0 bridgehead atoms. The number of nitrogens with zero attached hydrogens (tertiary/aromatic N) is 4. The van der Waals surface area contributed by atoms with Crippen LogP contribution < -0.4 is 0 Å². The predicted octanol–water partition coefficient (Wildman–Crippen LogP) is 30.5. The average molecular weight is 1450 g/mol. The highest BCUT2D eigenvalue weighted by atomic mass is 15.0. The van der Waals surface area contributed by atoms with E-state index < -0.39 is 0 Å². The zero-order valence-electron chi connectivity index (χ0n) is 71.3. The van der Waals surface area contributed by atoms with Gasteiger partial charge in [0.1, 0.15) is 0 Å². The molecule has 12 aromatic carbocycles. The number of hydrogen-bond donors (Lipinski definition) is 0. The van der Waals surface area contributed by atoms with Crippen LogP contribution in [0.3, 0.4) is 0 Å². The standard InChI is InChI=1S/2C41H26N2.12C2H6/c1-5-24-18-28-14-22(15-29-19-25-6-2-10-33-32(9-1)38(24)42(36(28)29)39(25)33)13-23-16-30-20-26-7-3-11-34-35-12-4-8-27-21-31(17-23)37(30)43(40(26)34)41(27)35;1-5-24-18-28-15-13-22(34-20-26-7-3-11-32-30(9-1)36(24)42(38(26)32)40(28)34)17-23-14-16-29-19-25-6-2-10-31-33-12-4-8-27-21-35(23)41(29)43(37(25)31)39(27)33;12*1-2/h1-12,14-17H,13,18-21H2;1-16H,17-21H2;12*1-2H3. The van der Waals surface area contributed by atoms with E-state index in [9.17, 15) is 0 Å².